The Morgan fingerprint density at radius 3 is 2.79 bits per heavy atom. The molecular formula is C12H25NO. The molecule has 0 aromatic carbocycles. The van der Waals surface area contributed by atoms with Gasteiger partial charge in [-0.1, -0.05) is 19.3 Å². The van der Waals surface area contributed by atoms with Gasteiger partial charge >= 0.3 is 0 Å². The highest BCUT2D eigenvalue weighted by atomic mass is 16.5. The minimum absolute atomic E-state index is 0.448. The number of rotatable bonds is 8. The molecule has 0 aromatic heterocycles. The van der Waals surface area contributed by atoms with E-state index in [-0.39, 0.29) is 0 Å². The molecule has 0 radical (unpaired) electrons. The molecule has 0 aromatic rings. The van der Waals surface area contributed by atoms with Gasteiger partial charge in [-0.2, -0.15) is 0 Å². The predicted octanol–water partition coefficient (Wildman–Crippen LogP) is 2.58. The molecule has 1 unspecified atom stereocenters. The van der Waals surface area contributed by atoms with Gasteiger partial charge in [0.25, 0.3) is 0 Å². The summed E-state index contributed by atoms with van der Waals surface area (Å²) in [6.45, 7) is 4.28. The van der Waals surface area contributed by atoms with Crippen molar-refractivity contribution in [1.29, 1.82) is 0 Å². The van der Waals surface area contributed by atoms with E-state index in [2.05, 4.69) is 12.2 Å². The number of hydrogen-bond donors (Lipinski definition) is 1. The van der Waals surface area contributed by atoms with Crippen LogP contribution in [-0.2, 0) is 4.74 Å². The molecule has 0 heterocycles. The summed E-state index contributed by atoms with van der Waals surface area (Å²) in [4.78, 5) is 0. The highest BCUT2D eigenvalue weighted by molar-refractivity contribution is 4.69. The van der Waals surface area contributed by atoms with Gasteiger partial charge in [-0.3, -0.25) is 0 Å². The van der Waals surface area contributed by atoms with Crippen LogP contribution in [0, 0.1) is 5.92 Å². The zero-order chi connectivity index (χ0) is 10.2. The first-order valence-corrected chi connectivity index (χ1v) is 6.09. The highest BCUT2D eigenvalue weighted by Crippen LogP contribution is 2.29. The van der Waals surface area contributed by atoms with E-state index in [0.29, 0.717) is 6.10 Å². The molecule has 0 aliphatic heterocycles. The Kier molecular flexibility index (Phi) is 6.20. The van der Waals surface area contributed by atoms with Gasteiger partial charge in [0.2, 0.25) is 0 Å². The molecule has 14 heavy (non-hydrogen) atoms. The van der Waals surface area contributed by atoms with Crippen molar-refractivity contribution in [2.75, 3.05) is 20.2 Å². The fourth-order valence-electron chi connectivity index (χ4n) is 1.87. The lowest BCUT2D eigenvalue weighted by Gasteiger charge is -2.25. The summed E-state index contributed by atoms with van der Waals surface area (Å²) in [6.07, 6.45) is 8.48. The van der Waals surface area contributed by atoms with Gasteiger partial charge in [0.05, 0.1) is 6.10 Å². The Labute approximate surface area is 88.4 Å². The van der Waals surface area contributed by atoms with Crippen LogP contribution in [0.25, 0.3) is 0 Å². The molecular weight excluding hydrogens is 174 g/mol. The standard InChI is InChI=1S/C12H25NO/c1-11(5-4-9-13-2)14-10-8-12-6-3-7-12/h11-13H,3-10H2,1-2H3. The normalized spacial score (nSPS) is 19.3. The van der Waals surface area contributed by atoms with Crippen LogP contribution in [0.15, 0.2) is 0 Å². The average molecular weight is 199 g/mol. The van der Waals surface area contributed by atoms with Crippen LogP contribution in [0.3, 0.4) is 0 Å². The third kappa shape index (κ3) is 4.97. The van der Waals surface area contributed by atoms with Gasteiger partial charge in [-0.25, -0.2) is 0 Å². The van der Waals surface area contributed by atoms with Crippen molar-refractivity contribution in [3.05, 3.63) is 0 Å². The first-order valence-electron chi connectivity index (χ1n) is 6.09. The molecule has 1 atom stereocenters. The van der Waals surface area contributed by atoms with Crippen molar-refractivity contribution in [3.8, 4) is 0 Å². The summed E-state index contributed by atoms with van der Waals surface area (Å²) < 4.78 is 5.77. The fraction of sp³-hybridized carbons (Fsp3) is 1.00. The van der Waals surface area contributed by atoms with E-state index >= 15 is 0 Å². The van der Waals surface area contributed by atoms with Crippen molar-refractivity contribution < 1.29 is 4.74 Å². The van der Waals surface area contributed by atoms with Crippen LogP contribution in [0.1, 0.15) is 45.4 Å². The van der Waals surface area contributed by atoms with Crippen molar-refractivity contribution in [2.45, 2.75) is 51.6 Å². The molecule has 0 saturated heterocycles. The molecule has 1 aliphatic carbocycles. The maximum Gasteiger partial charge on any atom is 0.0547 e. The van der Waals surface area contributed by atoms with E-state index < -0.39 is 0 Å². The molecule has 2 nitrogen and oxygen atoms in total. The molecule has 1 saturated carbocycles. The largest absolute Gasteiger partial charge is 0.378 e. The maximum atomic E-state index is 5.77. The summed E-state index contributed by atoms with van der Waals surface area (Å²) in [5, 5.41) is 3.16. The molecule has 0 amide bonds. The first-order chi connectivity index (χ1) is 6.83. The SMILES string of the molecule is CNCCCC(C)OCCC1CCC1. The third-order valence-electron chi connectivity index (χ3n) is 3.19. The summed E-state index contributed by atoms with van der Waals surface area (Å²) >= 11 is 0. The van der Waals surface area contributed by atoms with Gasteiger partial charge < -0.3 is 10.1 Å². The number of ether oxygens (including phenoxy) is 1. The average Bonchev–Trinajstić information content (AvgIpc) is 2.10. The Balaban J connectivity index is 1.84. The molecule has 1 rings (SSSR count). The summed E-state index contributed by atoms with van der Waals surface area (Å²) in [5.41, 5.74) is 0. The second kappa shape index (κ2) is 7.24. The Morgan fingerprint density at radius 1 is 1.43 bits per heavy atom. The Morgan fingerprint density at radius 2 is 2.21 bits per heavy atom. The van der Waals surface area contributed by atoms with Crippen LogP contribution in [0.4, 0.5) is 0 Å². The highest BCUT2D eigenvalue weighted by Gasteiger charge is 2.16. The van der Waals surface area contributed by atoms with Crippen LogP contribution in [0.2, 0.25) is 0 Å². The molecule has 84 valence electrons. The van der Waals surface area contributed by atoms with Crippen molar-refractivity contribution in [1.82, 2.24) is 5.32 Å². The van der Waals surface area contributed by atoms with Crippen molar-refractivity contribution in [3.63, 3.8) is 0 Å². The number of nitrogens with one attached hydrogen (secondary N) is 1. The third-order valence-corrected chi connectivity index (χ3v) is 3.19. The second-order valence-corrected chi connectivity index (χ2v) is 4.51. The second-order valence-electron chi connectivity index (χ2n) is 4.51. The summed E-state index contributed by atoms with van der Waals surface area (Å²) in [6, 6.07) is 0. The van der Waals surface area contributed by atoms with Gasteiger partial charge in [0.1, 0.15) is 0 Å². The van der Waals surface area contributed by atoms with E-state index in [1.807, 2.05) is 7.05 Å². The first kappa shape index (κ1) is 12.0. The van der Waals surface area contributed by atoms with Gasteiger partial charge in [0, 0.05) is 6.61 Å². The fourth-order valence-corrected chi connectivity index (χ4v) is 1.87. The van der Waals surface area contributed by atoms with Crippen LogP contribution < -0.4 is 5.32 Å². The molecule has 1 aliphatic rings. The minimum Gasteiger partial charge on any atom is -0.378 e. The predicted molar refractivity (Wildman–Crippen MR) is 60.5 cm³/mol. The van der Waals surface area contributed by atoms with Gasteiger partial charge in [0.15, 0.2) is 0 Å². The molecule has 0 spiro atoms. The van der Waals surface area contributed by atoms with Crippen LogP contribution >= 0.6 is 0 Å². The maximum absolute atomic E-state index is 5.77. The quantitative estimate of drug-likeness (QED) is 0.607. The van der Waals surface area contributed by atoms with Gasteiger partial charge in [-0.05, 0) is 45.7 Å². The Bertz CT molecular complexity index is 134. The molecule has 1 fully saturated rings. The zero-order valence-corrected chi connectivity index (χ0v) is 9.72. The lowest BCUT2D eigenvalue weighted by Crippen LogP contribution is -2.17. The lowest BCUT2D eigenvalue weighted by atomic mass is 9.83. The number of hydrogen-bond acceptors (Lipinski definition) is 2. The summed E-state index contributed by atoms with van der Waals surface area (Å²) in [7, 11) is 2.00. The topological polar surface area (TPSA) is 21.3 Å². The minimum atomic E-state index is 0.448. The molecule has 0 bridgehead atoms. The monoisotopic (exact) mass is 199 g/mol. The summed E-state index contributed by atoms with van der Waals surface area (Å²) in [5.74, 6) is 0.986. The lowest BCUT2D eigenvalue weighted by molar-refractivity contribution is 0.0432. The Hall–Kier alpha value is -0.0800. The van der Waals surface area contributed by atoms with Crippen LogP contribution in [-0.4, -0.2) is 26.3 Å². The van der Waals surface area contributed by atoms with Crippen molar-refractivity contribution in [2.24, 2.45) is 5.92 Å². The van der Waals surface area contributed by atoms with E-state index in [0.717, 1.165) is 19.1 Å². The van der Waals surface area contributed by atoms with Crippen molar-refractivity contribution >= 4 is 0 Å². The molecule has 2 heteroatoms. The van der Waals surface area contributed by atoms with E-state index in [1.165, 1.54) is 38.5 Å². The van der Waals surface area contributed by atoms with Gasteiger partial charge in [-0.15, -0.1) is 0 Å². The zero-order valence-electron chi connectivity index (χ0n) is 9.72. The van der Waals surface area contributed by atoms with E-state index in [9.17, 15) is 0 Å². The van der Waals surface area contributed by atoms with E-state index in [1.54, 1.807) is 0 Å². The smallest absolute Gasteiger partial charge is 0.0547 e. The van der Waals surface area contributed by atoms with E-state index in [4.69, 9.17) is 4.74 Å². The molecule has 1 N–H and O–H groups in total. The van der Waals surface area contributed by atoms with Crippen LogP contribution in [0.5, 0.6) is 0 Å².